The van der Waals surface area contributed by atoms with Gasteiger partial charge in [-0.2, -0.15) is 10.2 Å². The Kier molecular flexibility index (Phi) is 3.81. The van der Waals surface area contributed by atoms with Crippen LogP contribution in [0.2, 0.25) is 0 Å². The molecule has 0 unspecified atom stereocenters. The first-order valence-electron chi connectivity index (χ1n) is 7.07. The molecule has 0 atom stereocenters. The van der Waals surface area contributed by atoms with Crippen molar-refractivity contribution in [2.45, 2.75) is 37.8 Å². The molecule has 0 bridgehead atoms. The summed E-state index contributed by atoms with van der Waals surface area (Å²) in [5.41, 5.74) is 0.474. The van der Waals surface area contributed by atoms with Crippen LogP contribution < -0.4 is 10.9 Å². The number of aromatic amines is 1. The Bertz CT molecular complexity index is 656. The van der Waals surface area contributed by atoms with E-state index in [9.17, 15) is 9.59 Å². The van der Waals surface area contributed by atoms with Gasteiger partial charge in [0, 0.05) is 24.5 Å². The molecule has 0 saturated heterocycles. The van der Waals surface area contributed by atoms with Gasteiger partial charge in [-0.15, -0.1) is 0 Å². The van der Waals surface area contributed by atoms with Crippen LogP contribution in [0.15, 0.2) is 35.5 Å². The predicted octanol–water partition coefficient (Wildman–Crippen LogP) is 0.880. The van der Waals surface area contributed by atoms with E-state index in [-0.39, 0.29) is 23.6 Å². The molecular weight excluding hydrogens is 270 g/mol. The van der Waals surface area contributed by atoms with Crippen molar-refractivity contribution < 1.29 is 4.79 Å². The second kappa shape index (κ2) is 5.90. The van der Waals surface area contributed by atoms with Gasteiger partial charge in [0.05, 0.1) is 17.8 Å². The van der Waals surface area contributed by atoms with E-state index in [0.29, 0.717) is 5.56 Å². The Morgan fingerprint density at radius 3 is 2.81 bits per heavy atom. The largest absolute Gasteiger partial charge is 0.349 e. The Morgan fingerprint density at radius 2 is 2.14 bits per heavy atom. The monoisotopic (exact) mass is 287 g/mol. The molecule has 3 rings (SSSR count). The Morgan fingerprint density at radius 1 is 1.33 bits per heavy atom. The predicted molar refractivity (Wildman–Crippen MR) is 75.8 cm³/mol. The lowest BCUT2D eigenvalue weighted by molar-refractivity contribution is 0.0921. The first kappa shape index (κ1) is 13.5. The van der Waals surface area contributed by atoms with Crippen LogP contribution in [0.3, 0.4) is 0 Å². The third-order valence-corrected chi connectivity index (χ3v) is 3.88. The van der Waals surface area contributed by atoms with Crippen molar-refractivity contribution in [1.82, 2.24) is 25.3 Å². The fourth-order valence-corrected chi connectivity index (χ4v) is 2.75. The van der Waals surface area contributed by atoms with E-state index in [1.165, 1.54) is 12.3 Å². The minimum Gasteiger partial charge on any atom is -0.349 e. The van der Waals surface area contributed by atoms with E-state index in [1.54, 1.807) is 23.1 Å². The van der Waals surface area contributed by atoms with Crippen LogP contribution in [0.25, 0.3) is 0 Å². The molecule has 1 saturated carbocycles. The molecule has 1 fully saturated rings. The summed E-state index contributed by atoms with van der Waals surface area (Å²) < 4.78 is 1.55. The minimum absolute atomic E-state index is 0.0663. The SMILES string of the molecule is O=C(NC1CCC(n2ncccc2=O)CC1)c1cn[nH]c1. The quantitative estimate of drug-likeness (QED) is 0.876. The molecule has 0 aromatic carbocycles. The maximum atomic E-state index is 11.9. The van der Waals surface area contributed by atoms with Crippen molar-refractivity contribution in [3.8, 4) is 0 Å². The zero-order valence-corrected chi connectivity index (χ0v) is 11.5. The highest BCUT2D eigenvalue weighted by atomic mass is 16.2. The molecule has 1 aliphatic rings. The number of carbonyl (C=O) groups is 1. The van der Waals surface area contributed by atoms with Gasteiger partial charge in [0.25, 0.3) is 11.5 Å². The van der Waals surface area contributed by atoms with E-state index >= 15 is 0 Å². The zero-order chi connectivity index (χ0) is 14.7. The van der Waals surface area contributed by atoms with E-state index in [0.717, 1.165) is 25.7 Å². The van der Waals surface area contributed by atoms with Gasteiger partial charge in [-0.25, -0.2) is 4.68 Å². The Hall–Kier alpha value is -2.44. The van der Waals surface area contributed by atoms with Crippen LogP contribution in [0, 0.1) is 0 Å². The van der Waals surface area contributed by atoms with Crippen molar-refractivity contribution in [1.29, 1.82) is 0 Å². The first-order chi connectivity index (χ1) is 10.2. The summed E-state index contributed by atoms with van der Waals surface area (Å²) in [6, 6.07) is 3.44. The van der Waals surface area contributed by atoms with Gasteiger partial charge in [-0.1, -0.05) is 0 Å². The van der Waals surface area contributed by atoms with Gasteiger partial charge in [0.2, 0.25) is 0 Å². The molecule has 1 amide bonds. The van der Waals surface area contributed by atoms with Crippen LogP contribution >= 0.6 is 0 Å². The molecule has 2 aromatic rings. The molecule has 7 nitrogen and oxygen atoms in total. The molecular formula is C14H17N5O2. The number of nitrogens with zero attached hydrogens (tertiary/aromatic N) is 3. The summed E-state index contributed by atoms with van der Waals surface area (Å²) in [6.07, 6.45) is 8.09. The van der Waals surface area contributed by atoms with Gasteiger partial charge >= 0.3 is 0 Å². The lowest BCUT2D eigenvalue weighted by Crippen LogP contribution is -2.39. The van der Waals surface area contributed by atoms with E-state index < -0.39 is 0 Å². The fourth-order valence-electron chi connectivity index (χ4n) is 2.75. The van der Waals surface area contributed by atoms with Crippen molar-refractivity contribution in [3.63, 3.8) is 0 Å². The third kappa shape index (κ3) is 3.01. The second-order valence-electron chi connectivity index (χ2n) is 5.27. The molecule has 110 valence electrons. The lowest BCUT2D eigenvalue weighted by atomic mass is 9.91. The number of hydrogen-bond donors (Lipinski definition) is 2. The number of carbonyl (C=O) groups excluding carboxylic acids is 1. The summed E-state index contributed by atoms with van der Waals surface area (Å²) in [7, 11) is 0. The van der Waals surface area contributed by atoms with E-state index in [4.69, 9.17) is 0 Å². The normalized spacial score (nSPS) is 21.9. The summed E-state index contributed by atoms with van der Waals surface area (Å²) in [5, 5.41) is 13.5. The van der Waals surface area contributed by atoms with Gasteiger partial charge in [-0.05, 0) is 31.7 Å². The number of rotatable bonds is 3. The number of H-pyrrole nitrogens is 1. The summed E-state index contributed by atoms with van der Waals surface area (Å²) in [4.78, 5) is 23.7. The highest BCUT2D eigenvalue weighted by molar-refractivity contribution is 5.93. The summed E-state index contributed by atoms with van der Waals surface area (Å²) in [6.45, 7) is 0. The van der Waals surface area contributed by atoms with Crippen LogP contribution in [-0.2, 0) is 0 Å². The lowest BCUT2D eigenvalue weighted by Gasteiger charge is -2.29. The second-order valence-corrected chi connectivity index (χ2v) is 5.27. The molecule has 0 spiro atoms. The Balaban J connectivity index is 1.57. The fraction of sp³-hybridized carbons (Fsp3) is 0.429. The molecule has 0 aliphatic heterocycles. The van der Waals surface area contributed by atoms with E-state index in [2.05, 4.69) is 20.6 Å². The zero-order valence-electron chi connectivity index (χ0n) is 11.5. The maximum Gasteiger partial charge on any atom is 0.266 e. The topological polar surface area (TPSA) is 92.7 Å². The average Bonchev–Trinajstić information content (AvgIpc) is 3.03. The first-order valence-corrected chi connectivity index (χ1v) is 7.07. The standard InChI is InChI=1S/C14H17N5O2/c20-13-2-1-7-17-19(13)12-5-3-11(4-6-12)18-14(21)10-8-15-16-9-10/h1-2,7-9,11-12H,3-6H2,(H,15,16)(H,18,21). The van der Waals surface area contributed by atoms with Crippen molar-refractivity contribution in [3.05, 3.63) is 46.6 Å². The van der Waals surface area contributed by atoms with E-state index in [1.807, 2.05) is 0 Å². The molecule has 0 radical (unpaired) electrons. The van der Waals surface area contributed by atoms with Gasteiger partial charge in [-0.3, -0.25) is 14.7 Å². The molecule has 2 aromatic heterocycles. The Labute approximate surface area is 121 Å². The van der Waals surface area contributed by atoms with Crippen molar-refractivity contribution in [2.75, 3.05) is 0 Å². The summed E-state index contributed by atoms with van der Waals surface area (Å²) in [5.74, 6) is -0.109. The smallest absolute Gasteiger partial charge is 0.266 e. The van der Waals surface area contributed by atoms with Gasteiger partial charge < -0.3 is 5.32 Å². The number of hydrogen-bond acceptors (Lipinski definition) is 4. The van der Waals surface area contributed by atoms with Crippen molar-refractivity contribution in [2.24, 2.45) is 0 Å². The number of aromatic nitrogens is 4. The summed E-state index contributed by atoms with van der Waals surface area (Å²) >= 11 is 0. The highest BCUT2D eigenvalue weighted by Crippen LogP contribution is 2.26. The van der Waals surface area contributed by atoms with Crippen LogP contribution in [0.5, 0.6) is 0 Å². The third-order valence-electron chi connectivity index (χ3n) is 3.88. The minimum atomic E-state index is -0.109. The molecule has 2 N–H and O–H groups in total. The van der Waals surface area contributed by atoms with Crippen LogP contribution in [-0.4, -0.2) is 31.9 Å². The molecule has 2 heterocycles. The van der Waals surface area contributed by atoms with Crippen LogP contribution in [0.4, 0.5) is 0 Å². The maximum absolute atomic E-state index is 11.9. The average molecular weight is 287 g/mol. The molecule has 7 heteroatoms. The molecule has 1 aliphatic carbocycles. The molecule has 21 heavy (non-hydrogen) atoms. The van der Waals surface area contributed by atoms with Gasteiger partial charge in [0.15, 0.2) is 0 Å². The van der Waals surface area contributed by atoms with Gasteiger partial charge in [0.1, 0.15) is 0 Å². The van der Waals surface area contributed by atoms with Crippen LogP contribution in [0.1, 0.15) is 42.1 Å². The number of nitrogens with one attached hydrogen (secondary N) is 2. The highest BCUT2D eigenvalue weighted by Gasteiger charge is 2.24. The van der Waals surface area contributed by atoms with Crippen molar-refractivity contribution >= 4 is 5.91 Å². The number of amides is 1.